The summed E-state index contributed by atoms with van der Waals surface area (Å²) >= 11 is 0. The van der Waals surface area contributed by atoms with E-state index in [1.54, 1.807) is 24.3 Å². The minimum absolute atomic E-state index is 0.256. The minimum Gasteiger partial charge on any atom is -0.406 e. The molecule has 0 N–H and O–H groups in total. The normalized spacial score (nSPS) is 11.8. The highest BCUT2D eigenvalue weighted by Crippen LogP contribution is 2.10. The molecule has 1 heterocycles. The highest BCUT2D eigenvalue weighted by atomic mass is 32.2. The second-order valence-corrected chi connectivity index (χ2v) is 4.39. The van der Waals surface area contributed by atoms with Crippen molar-refractivity contribution in [2.75, 3.05) is 6.26 Å². The fourth-order valence-electron chi connectivity index (χ4n) is 1.00. The molecule has 0 saturated heterocycles. The fraction of sp³-hybridized carbons (Fsp3) is 0.125. The van der Waals surface area contributed by atoms with Gasteiger partial charge in [-0.05, 0) is 12.1 Å². The van der Waals surface area contributed by atoms with Crippen LogP contribution in [0.2, 0.25) is 0 Å². The maximum Gasteiger partial charge on any atom is 0.411 e. The van der Waals surface area contributed by atoms with Gasteiger partial charge >= 0.3 is 5.75 Å². The van der Waals surface area contributed by atoms with Crippen molar-refractivity contribution in [3.63, 3.8) is 0 Å². The molecule has 14 heavy (non-hydrogen) atoms. The third-order valence-corrected chi connectivity index (χ3v) is 1.96. The minimum atomic E-state index is -3.49. The molecular formula is C8H7NO4S. The maximum atomic E-state index is 10.8. The highest BCUT2D eigenvalue weighted by Gasteiger charge is 2.03. The molecular weight excluding hydrogens is 206 g/mol. The van der Waals surface area contributed by atoms with Crippen LogP contribution in [0, 0.1) is 0 Å². The Hall–Kier alpha value is -1.56. The van der Waals surface area contributed by atoms with Crippen LogP contribution in [0.4, 0.5) is 0 Å². The number of para-hydroxylation sites is 2. The van der Waals surface area contributed by atoms with Crippen molar-refractivity contribution in [2.45, 2.75) is 0 Å². The van der Waals surface area contributed by atoms with Gasteiger partial charge in [-0.25, -0.2) is 8.42 Å². The van der Waals surface area contributed by atoms with Crippen molar-refractivity contribution in [3.8, 4) is 0 Å². The molecule has 0 bridgehead atoms. The van der Waals surface area contributed by atoms with E-state index in [0.717, 1.165) is 6.26 Å². The average Bonchev–Trinajstić information content (AvgIpc) is 2.42. The van der Waals surface area contributed by atoms with Crippen molar-refractivity contribution >= 4 is 21.2 Å². The summed E-state index contributed by atoms with van der Waals surface area (Å²) in [5.74, 6) is -0.256. The van der Waals surface area contributed by atoms with Crippen LogP contribution in [0.3, 0.4) is 0 Å². The lowest BCUT2D eigenvalue weighted by Gasteiger charge is -1.78. The number of fused-ring (bicyclic) bond motifs is 1. The molecule has 0 radical (unpaired) electrons. The van der Waals surface area contributed by atoms with Gasteiger partial charge in [0.2, 0.25) is 0 Å². The molecule has 0 unspecified atom stereocenters. The number of nitrogens with zero attached hydrogens (tertiary/aromatic N) is 1. The van der Waals surface area contributed by atoms with E-state index in [4.69, 9.17) is 8.83 Å². The second-order valence-electron chi connectivity index (χ2n) is 2.74. The van der Waals surface area contributed by atoms with E-state index in [-0.39, 0.29) is 5.75 Å². The van der Waals surface area contributed by atoms with Crippen molar-refractivity contribution in [1.29, 1.82) is 0 Å². The zero-order chi connectivity index (χ0) is 10.2. The summed E-state index contributed by atoms with van der Waals surface area (Å²) in [6.45, 7) is 0. The Labute approximate surface area is 79.7 Å². The van der Waals surface area contributed by atoms with E-state index in [2.05, 4.69) is 4.40 Å². The summed E-state index contributed by atoms with van der Waals surface area (Å²) in [7, 11) is -3.49. The van der Waals surface area contributed by atoms with Gasteiger partial charge in [-0.15, -0.1) is 0 Å². The molecule has 6 heteroatoms. The molecule has 2 aromatic rings. The first-order valence-corrected chi connectivity index (χ1v) is 5.64. The summed E-state index contributed by atoms with van der Waals surface area (Å²) in [6, 6.07) is 6.84. The molecule has 0 atom stereocenters. The Kier molecular flexibility index (Phi) is 1.92. The highest BCUT2D eigenvalue weighted by molar-refractivity contribution is 7.89. The van der Waals surface area contributed by atoms with Gasteiger partial charge in [0.15, 0.2) is 11.2 Å². The smallest absolute Gasteiger partial charge is 0.406 e. The van der Waals surface area contributed by atoms with E-state index in [1.165, 1.54) is 0 Å². The first kappa shape index (κ1) is 9.01. The third-order valence-electron chi connectivity index (χ3n) is 1.48. The van der Waals surface area contributed by atoms with Crippen LogP contribution < -0.4 is 5.75 Å². The van der Waals surface area contributed by atoms with Crippen LogP contribution in [0.5, 0.6) is 0 Å². The average molecular weight is 213 g/mol. The quantitative estimate of drug-likeness (QED) is 0.705. The molecule has 0 amide bonds. The first-order valence-electron chi connectivity index (χ1n) is 3.79. The monoisotopic (exact) mass is 213 g/mol. The second kappa shape index (κ2) is 2.98. The summed E-state index contributed by atoms with van der Waals surface area (Å²) in [5.41, 5.74) is 0.935. The zero-order valence-electron chi connectivity index (χ0n) is 7.30. The number of hydrogen-bond donors (Lipinski definition) is 0. The molecule has 1 aromatic heterocycles. The number of rotatable bonds is 1. The lowest BCUT2D eigenvalue weighted by Crippen LogP contribution is -2.00. The number of hydrogen-bond acceptors (Lipinski definition) is 4. The van der Waals surface area contributed by atoms with Crippen LogP contribution >= 0.6 is 0 Å². The maximum absolute atomic E-state index is 10.8. The summed E-state index contributed by atoms with van der Waals surface area (Å²) in [4.78, 5) is 0. The van der Waals surface area contributed by atoms with Crippen LogP contribution in [0.1, 0.15) is 0 Å². The largest absolute Gasteiger partial charge is 0.411 e. The third kappa shape index (κ3) is 1.85. The Morgan fingerprint density at radius 3 is 2.07 bits per heavy atom. The molecule has 5 nitrogen and oxygen atoms in total. The van der Waals surface area contributed by atoms with Crippen LogP contribution in [0.15, 0.2) is 37.5 Å². The van der Waals surface area contributed by atoms with Crippen molar-refractivity contribution < 1.29 is 17.3 Å². The van der Waals surface area contributed by atoms with Gasteiger partial charge < -0.3 is 8.83 Å². The molecule has 74 valence electrons. The molecule has 1 aromatic carbocycles. The van der Waals surface area contributed by atoms with Crippen LogP contribution in [-0.2, 0) is 10.0 Å². The van der Waals surface area contributed by atoms with Gasteiger partial charge in [-0.2, -0.15) is 0 Å². The van der Waals surface area contributed by atoms with Gasteiger partial charge in [-0.3, -0.25) is 0 Å². The number of sulfonamides is 1. The van der Waals surface area contributed by atoms with Gasteiger partial charge in [0.05, 0.1) is 6.26 Å². The lowest BCUT2D eigenvalue weighted by atomic mass is 10.3. The Balaban J connectivity index is 2.73. The summed E-state index contributed by atoms with van der Waals surface area (Å²) < 4.78 is 34.9. The van der Waals surface area contributed by atoms with Crippen LogP contribution in [0.25, 0.3) is 11.2 Å². The predicted octanol–water partition coefficient (Wildman–Crippen LogP) is 0.886. The molecule has 2 rings (SSSR count). The fourth-order valence-corrected chi connectivity index (χ4v) is 1.35. The van der Waals surface area contributed by atoms with E-state index in [9.17, 15) is 8.42 Å². The van der Waals surface area contributed by atoms with Gasteiger partial charge in [0.25, 0.3) is 10.0 Å². The Morgan fingerprint density at radius 2 is 1.64 bits per heavy atom. The number of benzene rings is 1. The Bertz CT molecular complexity index is 584. The van der Waals surface area contributed by atoms with Crippen LogP contribution in [-0.4, -0.2) is 14.7 Å². The lowest BCUT2D eigenvalue weighted by molar-refractivity contribution is 0.393. The van der Waals surface area contributed by atoms with Gasteiger partial charge in [0.1, 0.15) is 0 Å². The Morgan fingerprint density at radius 1 is 1.14 bits per heavy atom. The van der Waals surface area contributed by atoms with E-state index < -0.39 is 10.0 Å². The standard InChI is InChI=1S/C8H7NO4S/c1-14(10,11)9-8-12-6-4-2-3-5-7(6)13-8/h2-5H,1H3. The van der Waals surface area contributed by atoms with E-state index >= 15 is 0 Å². The zero-order valence-corrected chi connectivity index (χ0v) is 8.11. The topological polar surface area (TPSA) is 72.8 Å². The van der Waals surface area contributed by atoms with Crippen molar-refractivity contribution in [1.82, 2.24) is 0 Å². The SMILES string of the molecule is CS(=O)(=O)N=c1oc2ccccc2o1. The van der Waals surface area contributed by atoms with Crippen molar-refractivity contribution in [3.05, 3.63) is 30.0 Å². The van der Waals surface area contributed by atoms with Crippen molar-refractivity contribution in [2.24, 2.45) is 4.40 Å². The van der Waals surface area contributed by atoms with Gasteiger partial charge in [-0.1, -0.05) is 16.5 Å². The molecule has 0 aliphatic rings. The molecule has 0 fully saturated rings. The molecule has 0 saturated carbocycles. The molecule has 0 aliphatic carbocycles. The summed E-state index contributed by atoms with van der Waals surface area (Å²) in [6.07, 6.45) is 0.968. The van der Waals surface area contributed by atoms with E-state index in [1.807, 2.05) is 0 Å². The summed E-state index contributed by atoms with van der Waals surface area (Å²) in [5, 5.41) is 0. The van der Waals surface area contributed by atoms with Gasteiger partial charge in [0, 0.05) is 0 Å². The predicted molar refractivity (Wildman–Crippen MR) is 48.9 cm³/mol. The van der Waals surface area contributed by atoms with E-state index in [0.29, 0.717) is 11.2 Å². The molecule has 0 spiro atoms. The first-order chi connectivity index (χ1) is 6.54. The molecule has 0 aliphatic heterocycles.